The Hall–Kier alpha value is -2.91. The summed E-state index contributed by atoms with van der Waals surface area (Å²) in [5.74, 6) is -3.44. The number of Topliss-reactive ketones (excluding diaryl/α,β-unsaturated/α-hetero) is 1. The van der Waals surface area contributed by atoms with E-state index in [9.17, 15) is 23.9 Å². The Morgan fingerprint density at radius 2 is 2.11 bits per heavy atom. The van der Waals surface area contributed by atoms with E-state index < -0.39 is 29.2 Å². The molecule has 1 spiro atoms. The van der Waals surface area contributed by atoms with E-state index in [-0.39, 0.29) is 51.3 Å². The van der Waals surface area contributed by atoms with Crippen molar-refractivity contribution in [2.75, 3.05) is 33.9 Å². The van der Waals surface area contributed by atoms with Crippen molar-refractivity contribution < 1.29 is 33.4 Å². The summed E-state index contributed by atoms with van der Waals surface area (Å²) < 4.78 is 25.1. The summed E-state index contributed by atoms with van der Waals surface area (Å²) in [5, 5.41) is 13.3. The number of nitrogens with zero attached hydrogens (tertiary/aromatic N) is 1. The number of halogens is 2. The minimum atomic E-state index is -0.916. The number of allylic oxidation sites excluding steroid dienone is 2. The summed E-state index contributed by atoms with van der Waals surface area (Å²) in [4.78, 5) is 40.7. The number of nitrogens with one attached hydrogen (secondary N) is 1. The number of methoxy groups -OCH3 is 1. The molecular formula is C26H30ClFN2O6. The van der Waals surface area contributed by atoms with Gasteiger partial charge in [0.05, 0.1) is 24.9 Å². The Labute approximate surface area is 214 Å². The summed E-state index contributed by atoms with van der Waals surface area (Å²) >= 11 is 5.94. The third kappa shape index (κ3) is 4.50. The maximum Gasteiger partial charge on any atom is 0.255 e. The SMILES string of the molecule is CCOC[C@@H]1C[C@]12CN(C)C(=O)/C1=C(\O)C(=O)/C(C(=O)NCc3ccc(OC)c(Cl)c3F)=C\CCC12. The molecule has 2 N–H and O–H groups in total. The topological polar surface area (TPSA) is 105 Å². The Kier molecular flexibility index (Phi) is 7.43. The predicted octanol–water partition coefficient (Wildman–Crippen LogP) is 3.34. The number of rotatable bonds is 7. The first kappa shape index (κ1) is 26.2. The fourth-order valence-corrected chi connectivity index (χ4v) is 5.80. The molecule has 1 aromatic rings. The zero-order valence-electron chi connectivity index (χ0n) is 20.5. The van der Waals surface area contributed by atoms with Gasteiger partial charge in [-0.2, -0.15) is 0 Å². The number of ketones is 1. The molecule has 2 aliphatic carbocycles. The highest BCUT2D eigenvalue weighted by Gasteiger charge is 2.63. The maximum absolute atomic E-state index is 14.5. The summed E-state index contributed by atoms with van der Waals surface area (Å²) in [6.45, 7) is 3.38. The van der Waals surface area contributed by atoms with Gasteiger partial charge in [0.1, 0.15) is 10.8 Å². The quantitative estimate of drug-likeness (QED) is 0.534. The van der Waals surface area contributed by atoms with Crippen molar-refractivity contribution in [1.29, 1.82) is 0 Å². The van der Waals surface area contributed by atoms with E-state index in [0.29, 0.717) is 32.6 Å². The van der Waals surface area contributed by atoms with Crippen molar-refractivity contribution >= 4 is 29.2 Å². The molecule has 3 aliphatic rings. The summed E-state index contributed by atoms with van der Waals surface area (Å²) in [6.07, 6.45) is 3.21. The van der Waals surface area contributed by atoms with Gasteiger partial charge in [0.15, 0.2) is 11.6 Å². The average Bonchev–Trinajstić information content (AvgIpc) is 3.55. The van der Waals surface area contributed by atoms with Crippen LogP contribution in [0.2, 0.25) is 5.02 Å². The lowest BCUT2D eigenvalue weighted by atomic mass is 9.72. The molecule has 2 fully saturated rings. The van der Waals surface area contributed by atoms with Crippen molar-refractivity contribution in [2.45, 2.75) is 32.7 Å². The van der Waals surface area contributed by atoms with Crippen molar-refractivity contribution in [3.63, 3.8) is 0 Å². The monoisotopic (exact) mass is 520 g/mol. The number of fused-ring (bicyclic) bond motifs is 2. The first-order chi connectivity index (χ1) is 17.2. The molecule has 36 heavy (non-hydrogen) atoms. The number of likely N-dealkylation sites (tertiary alicyclic amines) is 1. The molecule has 1 saturated heterocycles. The number of ether oxygens (including phenoxy) is 2. The first-order valence-electron chi connectivity index (χ1n) is 12.0. The van der Waals surface area contributed by atoms with Gasteiger partial charge in [-0.1, -0.05) is 23.7 Å². The van der Waals surface area contributed by atoms with E-state index in [1.165, 1.54) is 30.2 Å². The molecule has 0 radical (unpaired) electrons. The van der Waals surface area contributed by atoms with E-state index in [1.807, 2.05) is 6.92 Å². The molecule has 4 rings (SSSR count). The van der Waals surface area contributed by atoms with Gasteiger partial charge in [0.25, 0.3) is 11.8 Å². The van der Waals surface area contributed by atoms with Crippen LogP contribution in [-0.4, -0.2) is 61.5 Å². The second-order valence-corrected chi connectivity index (χ2v) is 9.91. The zero-order valence-corrected chi connectivity index (χ0v) is 21.3. The van der Waals surface area contributed by atoms with Gasteiger partial charge in [-0.15, -0.1) is 0 Å². The number of carbonyl (C=O) groups excluding carboxylic acids is 3. The van der Waals surface area contributed by atoms with Gasteiger partial charge in [0, 0.05) is 43.6 Å². The van der Waals surface area contributed by atoms with Gasteiger partial charge in [-0.3, -0.25) is 14.4 Å². The average molecular weight is 521 g/mol. The lowest BCUT2D eigenvalue weighted by Gasteiger charge is -2.40. The normalized spacial score (nSPS) is 29.2. The zero-order chi connectivity index (χ0) is 26.2. The Bertz CT molecular complexity index is 1170. The molecule has 0 bridgehead atoms. The predicted molar refractivity (Wildman–Crippen MR) is 130 cm³/mol. The van der Waals surface area contributed by atoms with Gasteiger partial charge < -0.3 is 24.8 Å². The Balaban J connectivity index is 1.55. The molecule has 2 amide bonds. The Morgan fingerprint density at radius 3 is 2.81 bits per heavy atom. The smallest absolute Gasteiger partial charge is 0.255 e. The number of hydrogen-bond acceptors (Lipinski definition) is 6. The number of likely N-dealkylation sites (N-methyl/N-ethyl adjacent to an activating group) is 1. The fourth-order valence-electron chi connectivity index (χ4n) is 5.54. The number of hydrogen-bond donors (Lipinski definition) is 2. The first-order valence-corrected chi connectivity index (χ1v) is 12.3. The van der Waals surface area contributed by atoms with E-state index in [4.69, 9.17) is 21.1 Å². The summed E-state index contributed by atoms with van der Waals surface area (Å²) in [7, 11) is 3.01. The number of piperidine rings is 1. The molecule has 1 aromatic carbocycles. The molecular weight excluding hydrogens is 491 g/mol. The van der Waals surface area contributed by atoms with Gasteiger partial charge in [-0.25, -0.2) is 4.39 Å². The van der Waals surface area contributed by atoms with Crippen LogP contribution in [0.3, 0.4) is 0 Å². The molecule has 1 aliphatic heterocycles. The molecule has 10 heteroatoms. The number of benzene rings is 1. The summed E-state index contributed by atoms with van der Waals surface area (Å²) in [6, 6.07) is 2.89. The molecule has 3 atom stereocenters. The highest BCUT2D eigenvalue weighted by molar-refractivity contribution is 6.32. The van der Waals surface area contributed by atoms with E-state index in [0.717, 1.165) is 6.42 Å². The second-order valence-electron chi connectivity index (χ2n) is 9.53. The van der Waals surface area contributed by atoms with Crippen molar-refractivity contribution in [2.24, 2.45) is 17.3 Å². The number of aliphatic hydroxyl groups is 1. The van der Waals surface area contributed by atoms with Crippen LogP contribution in [0.4, 0.5) is 4.39 Å². The molecule has 1 heterocycles. The highest BCUT2D eigenvalue weighted by atomic mass is 35.5. The van der Waals surface area contributed by atoms with Crippen LogP contribution in [0.25, 0.3) is 0 Å². The summed E-state index contributed by atoms with van der Waals surface area (Å²) in [5.41, 5.74) is -0.356. The molecule has 1 saturated carbocycles. The minimum Gasteiger partial charge on any atom is -0.504 e. The fraction of sp³-hybridized carbons (Fsp3) is 0.500. The van der Waals surface area contributed by atoms with Crippen LogP contribution in [-0.2, 0) is 25.7 Å². The van der Waals surface area contributed by atoms with Crippen LogP contribution >= 0.6 is 11.6 Å². The molecule has 194 valence electrons. The van der Waals surface area contributed by atoms with Crippen molar-refractivity contribution in [3.8, 4) is 5.75 Å². The maximum atomic E-state index is 14.5. The van der Waals surface area contributed by atoms with E-state index in [1.54, 1.807) is 7.05 Å². The molecule has 8 nitrogen and oxygen atoms in total. The van der Waals surface area contributed by atoms with Crippen LogP contribution in [0, 0.1) is 23.1 Å². The van der Waals surface area contributed by atoms with Crippen LogP contribution in [0.15, 0.2) is 35.1 Å². The third-order valence-electron chi connectivity index (χ3n) is 7.50. The molecule has 1 unspecified atom stereocenters. The van der Waals surface area contributed by atoms with Crippen LogP contribution < -0.4 is 10.1 Å². The molecule has 0 aromatic heterocycles. The minimum absolute atomic E-state index is 0.0686. The third-order valence-corrected chi connectivity index (χ3v) is 7.86. The highest BCUT2D eigenvalue weighted by Crippen LogP contribution is 2.63. The standard InChI is InChI=1S/C26H30ClFN2O6/c1-4-36-12-15-10-26(15)13-30(2)25(34)19-17(26)7-5-6-16(22(31)23(19)32)24(33)29-11-14-8-9-18(35-3)20(27)21(14)28/h6,8-9,15,17,32H,4-5,7,10-13H2,1-3H3,(H,29,33)/b16-6+,23-19-/t15-,17?,26-/m0/s1. The van der Waals surface area contributed by atoms with E-state index in [2.05, 4.69) is 5.32 Å². The van der Waals surface area contributed by atoms with Crippen LogP contribution in [0.5, 0.6) is 5.75 Å². The van der Waals surface area contributed by atoms with Crippen molar-refractivity contribution in [1.82, 2.24) is 10.2 Å². The van der Waals surface area contributed by atoms with Crippen molar-refractivity contribution in [3.05, 3.63) is 51.5 Å². The van der Waals surface area contributed by atoms with Gasteiger partial charge >= 0.3 is 0 Å². The second kappa shape index (κ2) is 10.2. The van der Waals surface area contributed by atoms with Gasteiger partial charge in [0.2, 0.25) is 5.78 Å². The van der Waals surface area contributed by atoms with Gasteiger partial charge in [-0.05, 0) is 38.2 Å². The number of aliphatic hydroxyl groups excluding tert-OH is 1. The number of carbonyl (C=O) groups is 3. The van der Waals surface area contributed by atoms with E-state index >= 15 is 0 Å². The largest absolute Gasteiger partial charge is 0.504 e. The number of amides is 2. The lowest BCUT2D eigenvalue weighted by Crippen LogP contribution is -2.48. The Morgan fingerprint density at radius 1 is 1.36 bits per heavy atom. The lowest BCUT2D eigenvalue weighted by molar-refractivity contribution is -0.132. The van der Waals surface area contributed by atoms with Crippen LogP contribution in [0.1, 0.15) is 31.7 Å².